The zero-order valence-corrected chi connectivity index (χ0v) is 14.4. The largest absolute Gasteiger partial charge is 0.354 e. The van der Waals surface area contributed by atoms with Crippen molar-refractivity contribution < 1.29 is 4.52 Å². The Labute approximate surface area is 147 Å². The van der Waals surface area contributed by atoms with Gasteiger partial charge in [0.1, 0.15) is 5.82 Å². The maximum atomic E-state index is 6.24. The molecule has 1 aliphatic carbocycles. The van der Waals surface area contributed by atoms with E-state index in [2.05, 4.69) is 31.0 Å². The Morgan fingerprint density at radius 1 is 1.17 bits per heavy atom. The lowest BCUT2D eigenvalue weighted by atomic mass is 9.77. The summed E-state index contributed by atoms with van der Waals surface area (Å²) in [5, 5.41) is 4.08. The van der Waals surface area contributed by atoms with Crippen molar-refractivity contribution in [3.05, 3.63) is 36.1 Å². The van der Waals surface area contributed by atoms with E-state index in [4.69, 9.17) is 10.3 Å². The van der Waals surface area contributed by atoms with Gasteiger partial charge in [-0.05, 0) is 31.4 Å². The summed E-state index contributed by atoms with van der Waals surface area (Å²) in [6.07, 6.45) is 4.89. The van der Waals surface area contributed by atoms with Crippen LogP contribution in [-0.4, -0.2) is 46.2 Å². The molecule has 7 nitrogen and oxygen atoms in total. The van der Waals surface area contributed by atoms with Crippen molar-refractivity contribution in [1.82, 2.24) is 20.0 Å². The van der Waals surface area contributed by atoms with E-state index in [0.717, 1.165) is 51.3 Å². The first-order chi connectivity index (χ1) is 11.2. The van der Waals surface area contributed by atoms with Crippen molar-refractivity contribution in [2.75, 3.05) is 31.1 Å². The zero-order valence-electron chi connectivity index (χ0n) is 13.6. The molecule has 1 saturated heterocycles. The number of halogens is 1. The van der Waals surface area contributed by atoms with Crippen molar-refractivity contribution in [3.8, 4) is 0 Å². The molecule has 3 heterocycles. The van der Waals surface area contributed by atoms with Gasteiger partial charge < -0.3 is 15.2 Å². The average Bonchev–Trinajstić information content (AvgIpc) is 3.03. The molecule has 1 saturated carbocycles. The average molecular weight is 351 g/mol. The topological polar surface area (TPSA) is 84.3 Å². The van der Waals surface area contributed by atoms with Crippen LogP contribution in [0.1, 0.15) is 31.0 Å². The molecule has 0 aromatic carbocycles. The van der Waals surface area contributed by atoms with Crippen LogP contribution in [0, 0.1) is 0 Å². The second-order valence-electron chi connectivity index (χ2n) is 6.47. The van der Waals surface area contributed by atoms with Crippen molar-refractivity contribution >= 4 is 18.2 Å². The van der Waals surface area contributed by atoms with Gasteiger partial charge in [0, 0.05) is 32.4 Å². The molecule has 0 spiro atoms. The molecule has 4 rings (SSSR count). The third-order valence-corrected chi connectivity index (χ3v) is 4.86. The van der Waals surface area contributed by atoms with Crippen LogP contribution in [-0.2, 0) is 12.1 Å². The van der Waals surface area contributed by atoms with E-state index < -0.39 is 0 Å². The van der Waals surface area contributed by atoms with Gasteiger partial charge in [0.05, 0.1) is 12.1 Å². The third kappa shape index (κ3) is 3.38. The van der Waals surface area contributed by atoms with Crippen LogP contribution in [0.3, 0.4) is 0 Å². The maximum absolute atomic E-state index is 6.24. The summed E-state index contributed by atoms with van der Waals surface area (Å²) < 4.78 is 5.39. The number of pyridine rings is 1. The van der Waals surface area contributed by atoms with Gasteiger partial charge in [-0.15, -0.1) is 12.4 Å². The quantitative estimate of drug-likeness (QED) is 0.895. The van der Waals surface area contributed by atoms with E-state index in [1.54, 1.807) is 0 Å². The van der Waals surface area contributed by atoms with Gasteiger partial charge in [-0.2, -0.15) is 4.98 Å². The monoisotopic (exact) mass is 350 g/mol. The summed E-state index contributed by atoms with van der Waals surface area (Å²) >= 11 is 0. The summed E-state index contributed by atoms with van der Waals surface area (Å²) in [4.78, 5) is 13.6. The number of piperazine rings is 1. The van der Waals surface area contributed by atoms with Gasteiger partial charge >= 0.3 is 0 Å². The minimum absolute atomic E-state index is 0. The molecule has 0 amide bonds. The summed E-state index contributed by atoms with van der Waals surface area (Å²) in [5.41, 5.74) is 5.89. The third-order valence-electron chi connectivity index (χ3n) is 4.86. The summed E-state index contributed by atoms with van der Waals surface area (Å²) in [5.74, 6) is 2.39. The Morgan fingerprint density at radius 2 is 1.96 bits per heavy atom. The Morgan fingerprint density at radius 3 is 2.58 bits per heavy atom. The molecular formula is C16H23ClN6O. The Bertz CT molecular complexity index is 652. The standard InChI is InChI=1S/C16H22N6O.ClH/c17-16(5-3-6-16)15-19-14(23-20-15)12-21-8-10-22(11-9-21)13-4-1-2-7-18-13;/h1-2,4,7H,3,5-6,8-12,17H2;1H. The van der Waals surface area contributed by atoms with Gasteiger partial charge in [0.2, 0.25) is 5.89 Å². The number of anilines is 1. The van der Waals surface area contributed by atoms with Crippen LogP contribution >= 0.6 is 12.4 Å². The van der Waals surface area contributed by atoms with Crippen LogP contribution in [0.15, 0.2) is 28.9 Å². The van der Waals surface area contributed by atoms with E-state index >= 15 is 0 Å². The highest BCUT2D eigenvalue weighted by Gasteiger charge is 2.39. The second kappa shape index (κ2) is 7.04. The molecule has 130 valence electrons. The lowest BCUT2D eigenvalue weighted by Crippen LogP contribution is -2.46. The van der Waals surface area contributed by atoms with Gasteiger partial charge in [0.15, 0.2) is 5.82 Å². The van der Waals surface area contributed by atoms with Crippen LogP contribution in [0.25, 0.3) is 0 Å². The smallest absolute Gasteiger partial charge is 0.240 e. The summed E-state index contributed by atoms with van der Waals surface area (Å²) in [6.45, 7) is 4.53. The highest BCUT2D eigenvalue weighted by atomic mass is 35.5. The Balaban J connectivity index is 0.00000169. The number of rotatable bonds is 4. The first-order valence-corrected chi connectivity index (χ1v) is 8.23. The Hall–Kier alpha value is -1.70. The molecule has 2 fully saturated rings. The Kier molecular flexibility index (Phi) is 5.03. The fourth-order valence-corrected chi connectivity index (χ4v) is 3.17. The maximum Gasteiger partial charge on any atom is 0.240 e. The minimum atomic E-state index is -0.348. The molecule has 0 radical (unpaired) electrons. The molecule has 0 unspecified atom stereocenters. The fraction of sp³-hybridized carbons (Fsp3) is 0.562. The lowest BCUT2D eigenvalue weighted by Gasteiger charge is -2.35. The molecule has 24 heavy (non-hydrogen) atoms. The molecule has 2 aliphatic rings. The van der Waals surface area contributed by atoms with E-state index in [0.29, 0.717) is 18.3 Å². The predicted octanol–water partition coefficient (Wildman–Crippen LogP) is 1.55. The molecule has 1 aliphatic heterocycles. The predicted molar refractivity (Wildman–Crippen MR) is 93.0 cm³/mol. The van der Waals surface area contributed by atoms with Crippen molar-refractivity contribution in [2.24, 2.45) is 5.73 Å². The number of hydrogen-bond acceptors (Lipinski definition) is 7. The number of nitrogens with two attached hydrogens (primary N) is 1. The first kappa shape index (κ1) is 17.1. The van der Waals surface area contributed by atoms with E-state index in [1.165, 1.54) is 0 Å². The van der Waals surface area contributed by atoms with E-state index in [-0.39, 0.29) is 17.9 Å². The fourth-order valence-electron chi connectivity index (χ4n) is 3.17. The second-order valence-corrected chi connectivity index (χ2v) is 6.47. The molecule has 2 aromatic rings. The van der Waals surface area contributed by atoms with Crippen LogP contribution in [0.5, 0.6) is 0 Å². The first-order valence-electron chi connectivity index (χ1n) is 8.23. The molecule has 2 aromatic heterocycles. The molecule has 8 heteroatoms. The van der Waals surface area contributed by atoms with Crippen molar-refractivity contribution in [2.45, 2.75) is 31.3 Å². The molecule has 0 atom stereocenters. The summed E-state index contributed by atoms with van der Waals surface area (Å²) in [6, 6.07) is 6.02. The van der Waals surface area contributed by atoms with Gasteiger partial charge in [0.25, 0.3) is 0 Å². The van der Waals surface area contributed by atoms with Gasteiger partial charge in [-0.3, -0.25) is 4.90 Å². The minimum Gasteiger partial charge on any atom is -0.354 e. The zero-order chi connectivity index (χ0) is 15.7. The van der Waals surface area contributed by atoms with E-state index in [1.807, 2.05) is 18.3 Å². The van der Waals surface area contributed by atoms with Crippen molar-refractivity contribution in [3.63, 3.8) is 0 Å². The summed E-state index contributed by atoms with van der Waals surface area (Å²) in [7, 11) is 0. The van der Waals surface area contributed by atoms with Crippen LogP contribution in [0.2, 0.25) is 0 Å². The molecular weight excluding hydrogens is 328 g/mol. The van der Waals surface area contributed by atoms with Gasteiger partial charge in [-0.1, -0.05) is 11.2 Å². The normalized spacial score (nSPS) is 20.3. The van der Waals surface area contributed by atoms with Crippen molar-refractivity contribution in [1.29, 1.82) is 0 Å². The lowest BCUT2D eigenvalue weighted by molar-refractivity contribution is 0.211. The number of aromatic nitrogens is 3. The molecule has 0 bridgehead atoms. The highest BCUT2D eigenvalue weighted by Crippen LogP contribution is 2.36. The molecule has 2 N–H and O–H groups in total. The SMILES string of the molecule is Cl.NC1(c2noc(CN3CCN(c4ccccn4)CC3)n2)CCC1. The van der Waals surface area contributed by atoms with E-state index in [9.17, 15) is 0 Å². The number of nitrogens with zero attached hydrogens (tertiary/aromatic N) is 5. The number of hydrogen-bond donors (Lipinski definition) is 1. The highest BCUT2D eigenvalue weighted by molar-refractivity contribution is 5.85. The van der Waals surface area contributed by atoms with Gasteiger partial charge in [-0.25, -0.2) is 4.98 Å². The van der Waals surface area contributed by atoms with Crippen LogP contribution < -0.4 is 10.6 Å². The van der Waals surface area contributed by atoms with Crippen LogP contribution in [0.4, 0.5) is 5.82 Å².